The van der Waals surface area contributed by atoms with Crippen LogP contribution in [0.5, 0.6) is 17.2 Å². The zero-order chi connectivity index (χ0) is 11.9. The summed E-state index contributed by atoms with van der Waals surface area (Å²) >= 11 is 0. The van der Waals surface area contributed by atoms with Gasteiger partial charge in [0.25, 0.3) is 0 Å². The van der Waals surface area contributed by atoms with Crippen LogP contribution in [0.25, 0.3) is 0 Å². The second-order valence-corrected chi connectivity index (χ2v) is 4.92. The number of fused-ring (bicyclic) bond motifs is 1. The van der Waals surface area contributed by atoms with E-state index in [4.69, 9.17) is 15.2 Å². The fourth-order valence-corrected chi connectivity index (χ4v) is 3.02. The maximum Gasteiger partial charge on any atom is 0.231 e. The van der Waals surface area contributed by atoms with Crippen LogP contribution in [0.2, 0.25) is 0 Å². The Bertz CT molecular complexity index is 439. The number of aromatic hydroxyl groups is 1. The Morgan fingerprint density at radius 1 is 1.24 bits per heavy atom. The summed E-state index contributed by atoms with van der Waals surface area (Å²) in [6, 6.07) is 3.39. The van der Waals surface area contributed by atoms with Crippen molar-refractivity contribution < 1.29 is 14.6 Å². The van der Waals surface area contributed by atoms with E-state index in [0.717, 1.165) is 24.2 Å². The number of hydrogen-bond acceptors (Lipinski definition) is 4. The first-order valence-corrected chi connectivity index (χ1v) is 6.08. The summed E-state index contributed by atoms with van der Waals surface area (Å²) in [6.07, 6.45) is 4.48. The standard InChI is InChI=1S/C13H17NO3/c14-7-13(3-1-2-4-13)10-5-9(15)6-11-12(10)17-8-16-11/h5-6,15H,1-4,7-8,14H2. The number of rotatable bonds is 2. The summed E-state index contributed by atoms with van der Waals surface area (Å²) < 4.78 is 10.9. The van der Waals surface area contributed by atoms with Gasteiger partial charge in [-0.1, -0.05) is 12.8 Å². The first-order chi connectivity index (χ1) is 8.25. The number of ether oxygens (including phenoxy) is 2. The summed E-state index contributed by atoms with van der Waals surface area (Å²) in [5.74, 6) is 1.64. The van der Waals surface area contributed by atoms with Crippen LogP contribution in [-0.2, 0) is 5.41 Å². The van der Waals surface area contributed by atoms with E-state index in [1.165, 1.54) is 12.8 Å². The van der Waals surface area contributed by atoms with Crippen LogP contribution < -0.4 is 15.2 Å². The highest BCUT2D eigenvalue weighted by Gasteiger charge is 2.39. The largest absolute Gasteiger partial charge is 0.508 e. The summed E-state index contributed by atoms with van der Waals surface area (Å²) in [7, 11) is 0. The van der Waals surface area contributed by atoms with Gasteiger partial charge in [-0.2, -0.15) is 0 Å². The lowest BCUT2D eigenvalue weighted by atomic mass is 9.78. The van der Waals surface area contributed by atoms with Gasteiger partial charge in [0.2, 0.25) is 6.79 Å². The Morgan fingerprint density at radius 2 is 2.00 bits per heavy atom. The molecular formula is C13H17NO3. The third kappa shape index (κ3) is 1.55. The smallest absolute Gasteiger partial charge is 0.231 e. The van der Waals surface area contributed by atoms with Crippen molar-refractivity contribution in [2.75, 3.05) is 13.3 Å². The van der Waals surface area contributed by atoms with Crippen molar-refractivity contribution >= 4 is 0 Å². The van der Waals surface area contributed by atoms with Crippen LogP contribution in [0.15, 0.2) is 12.1 Å². The second kappa shape index (κ2) is 3.81. The zero-order valence-electron chi connectivity index (χ0n) is 9.74. The molecule has 1 aromatic carbocycles. The molecule has 0 unspecified atom stereocenters. The first kappa shape index (κ1) is 10.7. The molecule has 4 heteroatoms. The molecule has 0 atom stereocenters. The molecule has 0 aromatic heterocycles. The number of phenolic OH excluding ortho intramolecular Hbond substituents is 1. The maximum absolute atomic E-state index is 9.77. The van der Waals surface area contributed by atoms with Gasteiger partial charge in [0.1, 0.15) is 5.75 Å². The Morgan fingerprint density at radius 3 is 2.71 bits per heavy atom. The summed E-state index contributed by atoms with van der Waals surface area (Å²) in [4.78, 5) is 0. The molecule has 0 radical (unpaired) electrons. The number of hydrogen-bond donors (Lipinski definition) is 2. The van der Waals surface area contributed by atoms with E-state index in [1.807, 2.05) is 0 Å². The molecule has 1 aromatic rings. The molecule has 0 saturated heterocycles. The molecule has 0 spiro atoms. The minimum Gasteiger partial charge on any atom is -0.508 e. The van der Waals surface area contributed by atoms with Crippen molar-refractivity contribution in [2.24, 2.45) is 5.73 Å². The summed E-state index contributed by atoms with van der Waals surface area (Å²) in [5, 5.41) is 9.77. The monoisotopic (exact) mass is 235 g/mol. The molecule has 1 aliphatic carbocycles. The lowest BCUT2D eigenvalue weighted by Gasteiger charge is -2.28. The van der Waals surface area contributed by atoms with Crippen LogP contribution in [0.1, 0.15) is 31.2 Å². The molecule has 3 rings (SSSR count). The zero-order valence-corrected chi connectivity index (χ0v) is 9.74. The molecule has 4 nitrogen and oxygen atoms in total. The third-order valence-electron chi connectivity index (χ3n) is 3.98. The second-order valence-electron chi connectivity index (χ2n) is 4.92. The van der Waals surface area contributed by atoms with Crippen LogP contribution in [0.3, 0.4) is 0 Å². The van der Waals surface area contributed by atoms with Crippen molar-refractivity contribution in [1.82, 2.24) is 0 Å². The van der Waals surface area contributed by atoms with E-state index in [9.17, 15) is 5.11 Å². The Kier molecular flexibility index (Phi) is 2.40. The van der Waals surface area contributed by atoms with Crippen molar-refractivity contribution in [3.8, 4) is 17.2 Å². The van der Waals surface area contributed by atoms with E-state index < -0.39 is 0 Å². The third-order valence-corrected chi connectivity index (χ3v) is 3.98. The predicted molar refractivity (Wildman–Crippen MR) is 63.4 cm³/mol. The van der Waals surface area contributed by atoms with Crippen molar-refractivity contribution in [3.63, 3.8) is 0 Å². The van der Waals surface area contributed by atoms with Crippen LogP contribution >= 0.6 is 0 Å². The predicted octanol–water partition coefficient (Wildman–Crippen LogP) is 1.89. The topological polar surface area (TPSA) is 64.7 Å². The quantitative estimate of drug-likeness (QED) is 0.821. The summed E-state index contributed by atoms with van der Waals surface area (Å²) in [6.45, 7) is 0.818. The SMILES string of the molecule is NCC1(c2cc(O)cc3c2OCO3)CCCC1. The van der Waals surface area contributed by atoms with Crippen molar-refractivity contribution in [2.45, 2.75) is 31.1 Å². The summed E-state index contributed by atoms with van der Waals surface area (Å²) in [5.41, 5.74) is 6.94. The van der Waals surface area contributed by atoms with Crippen LogP contribution in [0.4, 0.5) is 0 Å². The van der Waals surface area contributed by atoms with Gasteiger partial charge in [0.15, 0.2) is 11.5 Å². The average molecular weight is 235 g/mol. The van der Waals surface area contributed by atoms with Crippen molar-refractivity contribution in [1.29, 1.82) is 0 Å². The van der Waals surface area contributed by atoms with Gasteiger partial charge in [0.05, 0.1) is 0 Å². The number of nitrogens with two attached hydrogens (primary N) is 1. The lowest BCUT2D eigenvalue weighted by molar-refractivity contribution is 0.172. The van der Waals surface area contributed by atoms with Gasteiger partial charge in [0, 0.05) is 23.6 Å². The number of benzene rings is 1. The lowest BCUT2D eigenvalue weighted by Crippen LogP contribution is -2.32. The highest BCUT2D eigenvalue weighted by molar-refractivity contribution is 5.56. The average Bonchev–Trinajstić information content (AvgIpc) is 2.96. The molecular weight excluding hydrogens is 218 g/mol. The minimum absolute atomic E-state index is 0.0451. The van der Waals surface area contributed by atoms with E-state index in [0.29, 0.717) is 12.3 Å². The fraction of sp³-hybridized carbons (Fsp3) is 0.538. The van der Waals surface area contributed by atoms with E-state index in [-0.39, 0.29) is 18.0 Å². The molecule has 17 heavy (non-hydrogen) atoms. The van der Waals surface area contributed by atoms with E-state index >= 15 is 0 Å². The molecule has 1 fully saturated rings. The Hall–Kier alpha value is -1.42. The van der Waals surface area contributed by atoms with Gasteiger partial charge in [-0.3, -0.25) is 0 Å². The molecule has 3 N–H and O–H groups in total. The van der Waals surface area contributed by atoms with E-state index in [2.05, 4.69) is 0 Å². The van der Waals surface area contributed by atoms with Crippen LogP contribution in [0, 0.1) is 0 Å². The maximum atomic E-state index is 9.77. The molecule has 0 bridgehead atoms. The van der Waals surface area contributed by atoms with Gasteiger partial charge < -0.3 is 20.3 Å². The molecule has 0 amide bonds. The van der Waals surface area contributed by atoms with Crippen LogP contribution in [-0.4, -0.2) is 18.4 Å². The highest BCUT2D eigenvalue weighted by atomic mass is 16.7. The normalized spacial score (nSPS) is 20.8. The van der Waals surface area contributed by atoms with Gasteiger partial charge in [-0.05, 0) is 18.9 Å². The molecule has 1 saturated carbocycles. The molecule has 1 heterocycles. The minimum atomic E-state index is -0.0451. The first-order valence-electron chi connectivity index (χ1n) is 6.08. The van der Waals surface area contributed by atoms with E-state index in [1.54, 1.807) is 12.1 Å². The van der Waals surface area contributed by atoms with Gasteiger partial charge >= 0.3 is 0 Å². The van der Waals surface area contributed by atoms with Crippen molar-refractivity contribution in [3.05, 3.63) is 17.7 Å². The molecule has 1 aliphatic heterocycles. The molecule has 2 aliphatic rings. The number of phenols is 1. The highest BCUT2D eigenvalue weighted by Crippen LogP contribution is 2.49. The Labute approximate surface area is 100 Å². The Balaban J connectivity index is 2.13. The van der Waals surface area contributed by atoms with Gasteiger partial charge in [-0.25, -0.2) is 0 Å². The molecule has 92 valence electrons. The van der Waals surface area contributed by atoms with Gasteiger partial charge in [-0.15, -0.1) is 0 Å². The fourth-order valence-electron chi connectivity index (χ4n) is 3.02.